The summed E-state index contributed by atoms with van der Waals surface area (Å²) in [6, 6.07) is 4.20. The minimum absolute atomic E-state index is 0. The Morgan fingerprint density at radius 3 is 2.95 bits per heavy atom. The smallest absolute Gasteiger partial charge is 0.188 e. The molecule has 0 saturated carbocycles. The van der Waals surface area contributed by atoms with E-state index in [0.717, 1.165) is 45.4 Å². The Morgan fingerprint density at radius 1 is 1.42 bits per heavy atom. The van der Waals surface area contributed by atoms with E-state index in [-0.39, 0.29) is 24.0 Å². The summed E-state index contributed by atoms with van der Waals surface area (Å²) in [6.07, 6.45) is 4.30. The molecule has 0 fully saturated rings. The molecular weight excluding hydrogens is 373 g/mol. The number of thiophene rings is 1. The van der Waals surface area contributed by atoms with Crippen LogP contribution in [0.25, 0.3) is 0 Å². The van der Waals surface area contributed by atoms with Gasteiger partial charge in [0.05, 0.1) is 0 Å². The SMILES string of the molecule is COCCCCCN=C(N)NCCc1cccs1.I. The van der Waals surface area contributed by atoms with Crippen molar-refractivity contribution in [2.45, 2.75) is 25.7 Å². The molecule has 0 aliphatic rings. The first kappa shape index (κ1) is 18.7. The molecule has 0 unspecified atom stereocenters. The standard InChI is InChI=1S/C13H23N3OS.HI/c1-17-10-4-2-3-8-15-13(14)16-9-7-12-6-5-11-18-12;/h5-6,11H,2-4,7-10H2,1H3,(H3,14,15,16);1H. The van der Waals surface area contributed by atoms with Crippen molar-refractivity contribution in [3.63, 3.8) is 0 Å². The van der Waals surface area contributed by atoms with Crippen molar-refractivity contribution in [1.82, 2.24) is 5.32 Å². The number of nitrogens with zero attached hydrogens (tertiary/aromatic N) is 1. The molecule has 1 heterocycles. The van der Waals surface area contributed by atoms with Gasteiger partial charge in [-0.1, -0.05) is 6.07 Å². The first-order valence-corrected chi connectivity index (χ1v) is 7.26. The van der Waals surface area contributed by atoms with Crippen LogP contribution in [-0.4, -0.2) is 32.8 Å². The van der Waals surface area contributed by atoms with Crippen LogP contribution >= 0.6 is 35.3 Å². The van der Waals surface area contributed by atoms with Crippen molar-refractivity contribution in [2.24, 2.45) is 10.7 Å². The molecule has 0 radical (unpaired) electrons. The molecular formula is C13H24IN3OS. The summed E-state index contributed by atoms with van der Waals surface area (Å²) >= 11 is 1.77. The van der Waals surface area contributed by atoms with Gasteiger partial charge in [0.1, 0.15) is 0 Å². The Kier molecular flexibility index (Phi) is 12.5. The summed E-state index contributed by atoms with van der Waals surface area (Å²) < 4.78 is 4.99. The fourth-order valence-corrected chi connectivity index (χ4v) is 2.27. The average molecular weight is 397 g/mol. The number of methoxy groups -OCH3 is 1. The highest BCUT2D eigenvalue weighted by molar-refractivity contribution is 14.0. The first-order valence-electron chi connectivity index (χ1n) is 6.38. The lowest BCUT2D eigenvalue weighted by Crippen LogP contribution is -2.33. The van der Waals surface area contributed by atoms with Crippen LogP contribution in [0.2, 0.25) is 0 Å². The maximum Gasteiger partial charge on any atom is 0.188 e. The zero-order chi connectivity index (χ0) is 13.1. The van der Waals surface area contributed by atoms with Crippen molar-refractivity contribution in [3.05, 3.63) is 22.4 Å². The van der Waals surface area contributed by atoms with Crippen molar-refractivity contribution in [1.29, 1.82) is 0 Å². The zero-order valence-corrected chi connectivity index (χ0v) is 14.6. The third kappa shape index (κ3) is 10.1. The molecule has 19 heavy (non-hydrogen) atoms. The van der Waals surface area contributed by atoms with Crippen LogP contribution in [-0.2, 0) is 11.2 Å². The van der Waals surface area contributed by atoms with Crippen LogP contribution in [0.4, 0.5) is 0 Å². The number of hydrogen-bond donors (Lipinski definition) is 2. The van der Waals surface area contributed by atoms with Gasteiger partial charge in [0.2, 0.25) is 0 Å². The lowest BCUT2D eigenvalue weighted by molar-refractivity contribution is 0.192. The van der Waals surface area contributed by atoms with E-state index in [1.165, 1.54) is 4.88 Å². The maximum atomic E-state index is 5.77. The third-order valence-electron chi connectivity index (χ3n) is 2.55. The lowest BCUT2D eigenvalue weighted by Gasteiger charge is -2.04. The van der Waals surface area contributed by atoms with Crippen molar-refractivity contribution >= 4 is 41.3 Å². The molecule has 0 atom stereocenters. The van der Waals surface area contributed by atoms with E-state index < -0.39 is 0 Å². The molecule has 0 bridgehead atoms. The molecule has 0 spiro atoms. The van der Waals surface area contributed by atoms with Crippen LogP contribution in [0.1, 0.15) is 24.1 Å². The van der Waals surface area contributed by atoms with Gasteiger partial charge in [-0.25, -0.2) is 0 Å². The number of unbranched alkanes of at least 4 members (excludes halogenated alkanes) is 2. The Labute approximate surface area is 136 Å². The summed E-state index contributed by atoms with van der Waals surface area (Å²) in [5.41, 5.74) is 5.77. The van der Waals surface area contributed by atoms with Crippen molar-refractivity contribution < 1.29 is 4.74 Å². The molecule has 110 valence electrons. The topological polar surface area (TPSA) is 59.6 Å². The fraction of sp³-hybridized carbons (Fsp3) is 0.615. The summed E-state index contributed by atoms with van der Waals surface area (Å²) in [7, 11) is 1.73. The van der Waals surface area contributed by atoms with Crippen LogP contribution in [0.3, 0.4) is 0 Å². The highest BCUT2D eigenvalue weighted by Gasteiger charge is 1.95. The Hall–Kier alpha value is -0.340. The number of ether oxygens (including phenoxy) is 1. The highest BCUT2D eigenvalue weighted by Crippen LogP contribution is 2.07. The Bertz CT molecular complexity index is 331. The molecule has 1 rings (SSSR count). The summed E-state index contributed by atoms with van der Waals surface area (Å²) in [6.45, 7) is 2.47. The molecule has 0 aromatic carbocycles. The number of halogens is 1. The lowest BCUT2D eigenvalue weighted by atomic mass is 10.2. The molecule has 4 nitrogen and oxygen atoms in total. The van der Waals surface area contributed by atoms with Gasteiger partial charge in [0, 0.05) is 31.7 Å². The molecule has 0 aliphatic heterocycles. The maximum absolute atomic E-state index is 5.77. The Morgan fingerprint density at radius 2 is 2.26 bits per heavy atom. The second-order valence-electron chi connectivity index (χ2n) is 4.08. The number of hydrogen-bond acceptors (Lipinski definition) is 3. The largest absolute Gasteiger partial charge is 0.385 e. The average Bonchev–Trinajstić information content (AvgIpc) is 2.87. The summed E-state index contributed by atoms with van der Waals surface area (Å²) in [5, 5.41) is 5.22. The monoisotopic (exact) mass is 397 g/mol. The highest BCUT2D eigenvalue weighted by atomic mass is 127. The third-order valence-corrected chi connectivity index (χ3v) is 3.48. The number of nitrogens with two attached hydrogens (primary N) is 1. The van der Waals surface area contributed by atoms with E-state index in [9.17, 15) is 0 Å². The van der Waals surface area contributed by atoms with Crippen LogP contribution in [0, 0.1) is 0 Å². The molecule has 0 saturated heterocycles. The molecule has 6 heteroatoms. The number of nitrogens with one attached hydrogen (secondary N) is 1. The predicted octanol–water partition coefficient (Wildman–Crippen LogP) is 2.63. The number of guanidine groups is 1. The van der Waals surface area contributed by atoms with Gasteiger partial charge >= 0.3 is 0 Å². The van der Waals surface area contributed by atoms with E-state index in [2.05, 4.69) is 27.8 Å². The van der Waals surface area contributed by atoms with E-state index in [0.29, 0.717) is 5.96 Å². The van der Waals surface area contributed by atoms with Gasteiger partial charge in [-0.15, -0.1) is 35.3 Å². The van der Waals surface area contributed by atoms with Gasteiger partial charge in [0.15, 0.2) is 5.96 Å². The molecule has 1 aromatic rings. The van der Waals surface area contributed by atoms with Crippen molar-refractivity contribution in [3.8, 4) is 0 Å². The quantitative estimate of drug-likeness (QED) is 0.292. The second-order valence-corrected chi connectivity index (χ2v) is 5.11. The number of aliphatic imine (C=N–C) groups is 1. The molecule has 0 aliphatic carbocycles. The van der Waals surface area contributed by atoms with E-state index in [4.69, 9.17) is 10.5 Å². The second kappa shape index (κ2) is 12.7. The number of rotatable bonds is 9. The van der Waals surface area contributed by atoms with E-state index in [1.807, 2.05) is 0 Å². The minimum Gasteiger partial charge on any atom is -0.385 e. The van der Waals surface area contributed by atoms with E-state index >= 15 is 0 Å². The van der Waals surface area contributed by atoms with Crippen LogP contribution < -0.4 is 11.1 Å². The summed E-state index contributed by atoms with van der Waals surface area (Å²) in [4.78, 5) is 5.66. The van der Waals surface area contributed by atoms with Crippen LogP contribution in [0.5, 0.6) is 0 Å². The minimum atomic E-state index is 0. The first-order chi connectivity index (χ1) is 8.83. The van der Waals surface area contributed by atoms with Gasteiger partial charge in [-0.3, -0.25) is 4.99 Å². The predicted molar refractivity (Wildman–Crippen MR) is 93.7 cm³/mol. The van der Waals surface area contributed by atoms with E-state index in [1.54, 1.807) is 18.4 Å². The molecule has 3 N–H and O–H groups in total. The van der Waals surface area contributed by atoms with Crippen LogP contribution in [0.15, 0.2) is 22.5 Å². The Balaban J connectivity index is 0.00000324. The summed E-state index contributed by atoms with van der Waals surface area (Å²) in [5.74, 6) is 0.554. The molecule has 1 aromatic heterocycles. The van der Waals surface area contributed by atoms with Crippen molar-refractivity contribution in [2.75, 3.05) is 26.8 Å². The van der Waals surface area contributed by atoms with Gasteiger partial charge in [-0.2, -0.15) is 0 Å². The van der Waals surface area contributed by atoms with Gasteiger partial charge in [-0.05, 0) is 37.1 Å². The van der Waals surface area contributed by atoms with Gasteiger partial charge < -0.3 is 15.8 Å². The fourth-order valence-electron chi connectivity index (χ4n) is 1.56. The van der Waals surface area contributed by atoms with Gasteiger partial charge in [0.25, 0.3) is 0 Å². The zero-order valence-electron chi connectivity index (χ0n) is 11.4. The normalized spacial score (nSPS) is 11.1. The molecule has 0 amide bonds.